The molecule has 1 aliphatic rings. The van der Waals surface area contributed by atoms with Crippen molar-refractivity contribution in [2.24, 2.45) is 9.03 Å². The fourth-order valence-corrected chi connectivity index (χ4v) is 3.69. The Morgan fingerprint density at radius 2 is 2.14 bits per heavy atom. The van der Waals surface area contributed by atoms with Crippen LogP contribution in [0.3, 0.4) is 0 Å². The number of hydrogen-bond donors (Lipinski definition) is 2. The van der Waals surface area contributed by atoms with Crippen LogP contribution < -0.4 is 9.38 Å². The topological polar surface area (TPSA) is 66.2 Å². The van der Waals surface area contributed by atoms with Crippen molar-refractivity contribution in [1.29, 1.82) is 0 Å². The van der Waals surface area contributed by atoms with Crippen LogP contribution in [-0.2, 0) is 0 Å². The maximum absolute atomic E-state index is 9.06. The summed E-state index contributed by atoms with van der Waals surface area (Å²) in [6, 6.07) is 6.56. The van der Waals surface area contributed by atoms with E-state index in [1.165, 1.54) is 0 Å². The molecule has 2 rings (SSSR count). The molecule has 1 heterocycles. The van der Waals surface area contributed by atoms with Gasteiger partial charge in [0, 0.05) is 0 Å². The van der Waals surface area contributed by atoms with Crippen molar-refractivity contribution >= 4 is 25.5 Å². The number of benzene rings is 1. The summed E-state index contributed by atoms with van der Waals surface area (Å²) in [4.78, 5) is 2.99. The molecule has 0 fully saturated rings. The Hall–Kier alpha value is -0.590. The van der Waals surface area contributed by atoms with Gasteiger partial charge in [0.2, 0.25) is 0 Å². The molecule has 5 nitrogen and oxygen atoms in total. The number of nitrogens with one attached hydrogen (secondary N) is 1. The van der Waals surface area contributed by atoms with Gasteiger partial charge in [-0.3, -0.25) is 0 Å². The second-order valence-corrected chi connectivity index (χ2v) is 5.66. The lowest BCUT2D eigenvalue weighted by Gasteiger charge is -2.11. The van der Waals surface area contributed by atoms with Crippen LogP contribution in [0.25, 0.3) is 0 Å². The Bertz CT molecular complexity index is 367. The summed E-state index contributed by atoms with van der Waals surface area (Å²) >= 11 is 0. The Balaban J connectivity index is 2.00. The van der Waals surface area contributed by atoms with Gasteiger partial charge in [-0.2, -0.15) is 13.9 Å². The summed E-state index contributed by atoms with van der Waals surface area (Å²) in [5.41, 5.74) is 0. The zero-order valence-electron chi connectivity index (χ0n) is 6.90. The molecule has 2 N–H and O–H groups in total. The molecule has 1 atom stereocenters. The highest BCUT2D eigenvalue weighted by atomic mass is 31.2. The summed E-state index contributed by atoms with van der Waals surface area (Å²) in [6.45, 7) is 0. The molecular formula is C6H6N3O2P3. The van der Waals surface area contributed by atoms with E-state index in [-0.39, 0.29) is 5.75 Å². The highest BCUT2D eigenvalue weighted by molar-refractivity contribution is 7.64. The average Bonchev–Trinajstić information content (AvgIpc) is 2.23. The molecule has 1 aromatic carbocycles. The van der Waals surface area contributed by atoms with E-state index in [1.54, 1.807) is 24.3 Å². The van der Waals surface area contributed by atoms with Crippen molar-refractivity contribution in [3.05, 3.63) is 24.3 Å². The summed E-state index contributed by atoms with van der Waals surface area (Å²) in [5.74, 6) is 0.919. The second kappa shape index (κ2) is 4.77. The van der Waals surface area contributed by atoms with Gasteiger partial charge in [0.05, 0.1) is 0 Å². The number of phenols is 1. The molecule has 0 spiro atoms. The van der Waals surface area contributed by atoms with Crippen LogP contribution in [0.4, 0.5) is 0 Å². The molecule has 14 heavy (non-hydrogen) atoms. The van der Waals surface area contributed by atoms with Gasteiger partial charge >= 0.3 is 8.45 Å². The zero-order valence-corrected chi connectivity index (χ0v) is 9.58. The molecular weight excluding hydrogens is 239 g/mol. The molecule has 0 aromatic heterocycles. The van der Waals surface area contributed by atoms with Crippen LogP contribution in [0, 0.1) is 0 Å². The van der Waals surface area contributed by atoms with Crippen LogP contribution in [0.2, 0.25) is 0 Å². The third-order valence-electron chi connectivity index (χ3n) is 1.36. The fourth-order valence-electron chi connectivity index (χ4n) is 0.798. The van der Waals surface area contributed by atoms with E-state index in [2.05, 4.69) is 13.9 Å². The van der Waals surface area contributed by atoms with Gasteiger partial charge in [0.15, 0.2) is 8.52 Å². The Kier molecular flexibility index (Phi) is 3.39. The van der Waals surface area contributed by atoms with E-state index in [0.717, 1.165) is 8.52 Å². The third-order valence-corrected chi connectivity index (χ3v) is 4.44. The quantitative estimate of drug-likeness (QED) is 0.780. The smallest absolute Gasteiger partial charge is 0.311 e. The zero-order chi connectivity index (χ0) is 9.80. The SMILES string of the molecule is Oc1ccc(OP2N=PN=PN2)cc1. The molecule has 0 radical (unpaired) electrons. The predicted octanol–water partition coefficient (Wildman–Crippen LogP) is 3.69. The first-order valence-corrected chi connectivity index (χ1v) is 6.54. The first-order valence-electron chi connectivity index (χ1n) is 3.68. The summed E-state index contributed by atoms with van der Waals surface area (Å²) in [5, 5.41) is 9.06. The minimum absolute atomic E-state index is 0.227. The van der Waals surface area contributed by atoms with Crippen LogP contribution in [-0.4, -0.2) is 5.11 Å². The maximum atomic E-state index is 9.06. The number of hydrogen-bond acceptors (Lipinski definition) is 5. The molecule has 1 unspecified atom stereocenters. The summed E-state index contributed by atoms with van der Waals surface area (Å²) in [7, 11) is 0.527. The lowest BCUT2D eigenvalue weighted by atomic mass is 10.3. The number of aromatic hydroxyl groups is 1. The molecule has 1 aromatic rings. The number of phenolic OH excluding ortho intramolecular Hbond substituents is 1. The predicted molar refractivity (Wildman–Crippen MR) is 57.5 cm³/mol. The summed E-state index contributed by atoms with van der Waals surface area (Å²) < 4.78 is 13.6. The van der Waals surface area contributed by atoms with Gasteiger partial charge < -0.3 is 9.63 Å². The van der Waals surface area contributed by atoms with Crippen molar-refractivity contribution in [2.75, 3.05) is 0 Å². The van der Waals surface area contributed by atoms with Crippen molar-refractivity contribution in [2.45, 2.75) is 0 Å². The minimum atomic E-state index is -0.983. The van der Waals surface area contributed by atoms with Crippen molar-refractivity contribution < 1.29 is 9.63 Å². The van der Waals surface area contributed by atoms with E-state index in [0.29, 0.717) is 14.3 Å². The van der Waals surface area contributed by atoms with Crippen molar-refractivity contribution in [1.82, 2.24) is 4.86 Å². The Morgan fingerprint density at radius 1 is 1.36 bits per heavy atom. The molecule has 1 aliphatic heterocycles. The first kappa shape index (κ1) is 9.95. The lowest BCUT2D eigenvalue weighted by molar-refractivity contribution is 0.474. The van der Waals surface area contributed by atoms with Gasteiger partial charge in [-0.15, -0.1) is 0 Å². The van der Waals surface area contributed by atoms with Crippen molar-refractivity contribution in [3.63, 3.8) is 0 Å². The molecule has 0 saturated heterocycles. The molecule has 0 saturated carbocycles. The third kappa shape index (κ3) is 2.70. The Labute approximate surface area is 85.3 Å². The molecule has 0 amide bonds. The van der Waals surface area contributed by atoms with Crippen LogP contribution in [0.5, 0.6) is 11.5 Å². The molecule has 8 heteroatoms. The number of nitrogens with zero attached hydrogens (tertiary/aromatic N) is 2. The van der Waals surface area contributed by atoms with E-state index in [4.69, 9.17) is 9.63 Å². The second-order valence-electron chi connectivity index (χ2n) is 2.33. The van der Waals surface area contributed by atoms with Crippen LogP contribution in [0.1, 0.15) is 0 Å². The fraction of sp³-hybridized carbons (Fsp3) is 0. The lowest BCUT2D eigenvalue weighted by Crippen LogP contribution is -1.95. The summed E-state index contributed by atoms with van der Waals surface area (Å²) in [6.07, 6.45) is 0. The van der Waals surface area contributed by atoms with E-state index < -0.39 is 8.45 Å². The Morgan fingerprint density at radius 3 is 2.79 bits per heavy atom. The van der Waals surface area contributed by atoms with Gasteiger partial charge in [-0.25, -0.2) is 0 Å². The molecule has 0 bridgehead atoms. The van der Waals surface area contributed by atoms with E-state index >= 15 is 0 Å². The van der Waals surface area contributed by atoms with E-state index in [9.17, 15) is 0 Å². The normalized spacial score (nSPS) is 21.9. The highest BCUT2D eigenvalue weighted by Gasteiger charge is 2.10. The van der Waals surface area contributed by atoms with Crippen LogP contribution in [0.15, 0.2) is 33.3 Å². The minimum Gasteiger partial charge on any atom is -0.508 e. The van der Waals surface area contributed by atoms with Gasteiger partial charge in [0.1, 0.15) is 20.0 Å². The van der Waals surface area contributed by atoms with E-state index in [1.807, 2.05) is 0 Å². The van der Waals surface area contributed by atoms with Gasteiger partial charge in [0.25, 0.3) is 0 Å². The maximum Gasteiger partial charge on any atom is 0.311 e. The average molecular weight is 245 g/mol. The largest absolute Gasteiger partial charge is 0.508 e. The first-order chi connectivity index (χ1) is 6.84. The monoisotopic (exact) mass is 245 g/mol. The highest BCUT2D eigenvalue weighted by Crippen LogP contribution is 2.44. The van der Waals surface area contributed by atoms with Crippen molar-refractivity contribution in [3.8, 4) is 11.5 Å². The van der Waals surface area contributed by atoms with Gasteiger partial charge in [-0.05, 0) is 24.3 Å². The molecule has 72 valence electrons. The van der Waals surface area contributed by atoms with Crippen LogP contribution >= 0.6 is 25.5 Å². The molecule has 0 aliphatic carbocycles. The number of rotatable bonds is 2. The van der Waals surface area contributed by atoms with Gasteiger partial charge in [-0.1, -0.05) is 0 Å². The standard InChI is InChI=1S/C6H6N3O2P3/c10-5-1-3-6(4-2-5)11-14-8-12-7-13-9-14/h1-4,10H,(H,7,8,9).